The zero-order chi connectivity index (χ0) is 14.2. The van der Waals surface area contributed by atoms with Crippen LogP contribution < -0.4 is 10.6 Å². The van der Waals surface area contributed by atoms with Gasteiger partial charge in [-0.05, 0) is 62.5 Å². The Kier molecular flexibility index (Phi) is 9.16. The zero-order valence-corrected chi connectivity index (χ0v) is 14.3. The van der Waals surface area contributed by atoms with Crippen LogP contribution in [-0.4, -0.2) is 31.3 Å². The van der Waals surface area contributed by atoms with Crippen molar-refractivity contribution in [2.24, 2.45) is 5.92 Å². The quantitative estimate of drug-likeness (QED) is 0.774. The van der Waals surface area contributed by atoms with Gasteiger partial charge in [-0.1, -0.05) is 11.6 Å². The molecule has 0 aromatic heterocycles. The van der Waals surface area contributed by atoms with E-state index in [9.17, 15) is 4.79 Å². The van der Waals surface area contributed by atoms with E-state index in [2.05, 4.69) is 10.6 Å². The summed E-state index contributed by atoms with van der Waals surface area (Å²) in [5, 5.41) is 7.12. The number of hydrogen-bond acceptors (Lipinski definition) is 3. The summed E-state index contributed by atoms with van der Waals surface area (Å²) in [6.07, 6.45) is 3.61. The highest BCUT2D eigenvalue weighted by Crippen LogP contribution is 2.20. The van der Waals surface area contributed by atoms with E-state index < -0.39 is 0 Å². The molecule has 0 aliphatic carbocycles. The Hall–Kier alpha value is -0.420. The maximum absolute atomic E-state index is 11.8. The third kappa shape index (κ3) is 7.41. The molecule has 0 bridgehead atoms. The molecule has 1 atom stereocenters. The van der Waals surface area contributed by atoms with Gasteiger partial charge >= 0.3 is 0 Å². The first-order chi connectivity index (χ1) is 9.74. The van der Waals surface area contributed by atoms with E-state index in [4.69, 9.17) is 11.6 Å². The fourth-order valence-electron chi connectivity index (χ4n) is 2.32. The summed E-state index contributed by atoms with van der Waals surface area (Å²) in [6, 6.07) is 7.57. The van der Waals surface area contributed by atoms with Gasteiger partial charge in [0.15, 0.2) is 0 Å². The third-order valence-corrected chi connectivity index (χ3v) is 4.72. The first-order valence-corrected chi connectivity index (χ1v) is 8.46. The zero-order valence-electron chi connectivity index (χ0n) is 11.9. The fourth-order valence-corrected chi connectivity index (χ4v) is 3.17. The van der Waals surface area contributed by atoms with Gasteiger partial charge in [0.1, 0.15) is 0 Å². The molecule has 2 N–H and O–H groups in total. The van der Waals surface area contributed by atoms with Crippen molar-refractivity contribution in [1.29, 1.82) is 0 Å². The van der Waals surface area contributed by atoms with Gasteiger partial charge in [-0.3, -0.25) is 4.79 Å². The van der Waals surface area contributed by atoms with Crippen LogP contribution in [0.25, 0.3) is 0 Å². The van der Waals surface area contributed by atoms with Crippen molar-refractivity contribution in [2.75, 3.05) is 25.4 Å². The number of carbonyl (C=O) groups is 1. The number of rotatable bonds is 6. The second-order valence-corrected chi connectivity index (χ2v) is 6.58. The number of nitrogens with one attached hydrogen (secondary N) is 2. The van der Waals surface area contributed by atoms with Gasteiger partial charge in [0.05, 0.1) is 5.75 Å². The van der Waals surface area contributed by atoms with Crippen molar-refractivity contribution in [3.8, 4) is 0 Å². The Labute approximate surface area is 142 Å². The highest BCUT2D eigenvalue weighted by Gasteiger charge is 2.12. The molecule has 1 unspecified atom stereocenters. The average molecular weight is 349 g/mol. The van der Waals surface area contributed by atoms with Crippen LogP contribution in [0, 0.1) is 5.92 Å². The summed E-state index contributed by atoms with van der Waals surface area (Å²) in [5.41, 5.74) is 0. The van der Waals surface area contributed by atoms with E-state index in [0.717, 1.165) is 36.0 Å². The lowest BCUT2D eigenvalue weighted by Gasteiger charge is -2.22. The number of halogens is 2. The van der Waals surface area contributed by atoms with Gasteiger partial charge in [0, 0.05) is 16.5 Å². The minimum absolute atomic E-state index is 0. The molecule has 1 saturated heterocycles. The molecule has 1 aliphatic heterocycles. The highest BCUT2D eigenvalue weighted by atomic mass is 35.5. The minimum atomic E-state index is 0. The van der Waals surface area contributed by atoms with Crippen LogP contribution >= 0.6 is 35.8 Å². The summed E-state index contributed by atoms with van der Waals surface area (Å²) in [7, 11) is 0. The van der Waals surface area contributed by atoms with Crippen LogP contribution in [0.2, 0.25) is 5.02 Å². The molecule has 1 amide bonds. The molecule has 3 nitrogen and oxygen atoms in total. The van der Waals surface area contributed by atoms with E-state index >= 15 is 0 Å². The molecule has 1 heterocycles. The van der Waals surface area contributed by atoms with E-state index in [1.807, 2.05) is 24.3 Å². The standard InChI is InChI=1S/C15H21ClN2OS.ClH/c16-13-3-5-14(6-4-13)20-11-15(19)18-9-7-12-2-1-8-17-10-12;/h3-6,12,17H,1-2,7-11H2,(H,18,19);1H. The van der Waals surface area contributed by atoms with Crippen molar-refractivity contribution in [3.63, 3.8) is 0 Å². The summed E-state index contributed by atoms with van der Waals surface area (Å²) >= 11 is 7.36. The number of hydrogen-bond donors (Lipinski definition) is 2. The second kappa shape index (κ2) is 10.3. The summed E-state index contributed by atoms with van der Waals surface area (Å²) < 4.78 is 0. The molecule has 21 heavy (non-hydrogen) atoms. The van der Waals surface area contributed by atoms with E-state index in [1.165, 1.54) is 12.8 Å². The van der Waals surface area contributed by atoms with Gasteiger partial charge in [-0.2, -0.15) is 0 Å². The molecule has 0 saturated carbocycles. The van der Waals surface area contributed by atoms with Crippen LogP contribution in [-0.2, 0) is 4.79 Å². The third-order valence-electron chi connectivity index (χ3n) is 3.46. The lowest BCUT2D eigenvalue weighted by atomic mass is 9.96. The van der Waals surface area contributed by atoms with Crippen LogP contribution in [0.3, 0.4) is 0 Å². The van der Waals surface area contributed by atoms with Crippen LogP contribution in [0.4, 0.5) is 0 Å². The van der Waals surface area contributed by atoms with Gasteiger partial charge in [-0.15, -0.1) is 24.2 Å². The Morgan fingerprint density at radius 1 is 1.38 bits per heavy atom. The van der Waals surface area contributed by atoms with Crippen molar-refractivity contribution < 1.29 is 4.79 Å². The largest absolute Gasteiger partial charge is 0.355 e. The maximum Gasteiger partial charge on any atom is 0.230 e. The second-order valence-electron chi connectivity index (χ2n) is 5.09. The molecule has 6 heteroatoms. The van der Waals surface area contributed by atoms with E-state index in [0.29, 0.717) is 11.7 Å². The molecule has 0 radical (unpaired) electrons. The lowest BCUT2D eigenvalue weighted by Crippen LogP contribution is -2.33. The monoisotopic (exact) mass is 348 g/mol. The highest BCUT2D eigenvalue weighted by molar-refractivity contribution is 8.00. The molecule has 1 aromatic carbocycles. The van der Waals surface area contributed by atoms with Crippen molar-refractivity contribution in [1.82, 2.24) is 10.6 Å². The first-order valence-electron chi connectivity index (χ1n) is 7.10. The molecule has 1 aromatic rings. The van der Waals surface area contributed by atoms with Gasteiger partial charge in [0.25, 0.3) is 0 Å². The van der Waals surface area contributed by atoms with Crippen LogP contribution in [0.5, 0.6) is 0 Å². The number of piperidine rings is 1. The number of amides is 1. The number of thioether (sulfide) groups is 1. The molecule has 118 valence electrons. The van der Waals surface area contributed by atoms with Gasteiger partial charge in [0.2, 0.25) is 5.91 Å². The smallest absolute Gasteiger partial charge is 0.230 e. The van der Waals surface area contributed by atoms with E-state index in [1.54, 1.807) is 11.8 Å². The first kappa shape index (κ1) is 18.6. The van der Waals surface area contributed by atoms with Crippen molar-refractivity contribution in [2.45, 2.75) is 24.2 Å². The van der Waals surface area contributed by atoms with Gasteiger partial charge < -0.3 is 10.6 Å². The topological polar surface area (TPSA) is 41.1 Å². The van der Waals surface area contributed by atoms with Crippen LogP contribution in [0.1, 0.15) is 19.3 Å². The predicted octanol–water partition coefficient (Wildman–Crippen LogP) is 3.36. The molecule has 2 rings (SSSR count). The Balaban J connectivity index is 0.00000220. The SMILES string of the molecule is Cl.O=C(CSc1ccc(Cl)cc1)NCCC1CCCNC1. The summed E-state index contributed by atoms with van der Waals surface area (Å²) in [4.78, 5) is 12.8. The summed E-state index contributed by atoms with van der Waals surface area (Å²) in [5.74, 6) is 1.28. The summed E-state index contributed by atoms with van der Waals surface area (Å²) in [6.45, 7) is 3.02. The molecule has 1 fully saturated rings. The van der Waals surface area contributed by atoms with Gasteiger partial charge in [-0.25, -0.2) is 0 Å². The Bertz CT molecular complexity index is 422. The Morgan fingerprint density at radius 3 is 2.81 bits per heavy atom. The molecule has 1 aliphatic rings. The lowest BCUT2D eigenvalue weighted by molar-refractivity contribution is -0.118. The minimum Gasteiger partial charge on any atom is -0.355 e. The fraction of sp³-hybridized carbons (Fsp3) is 0.533. The number of benzene rings is 1. The normalized spacial score (nSPS) is 17.9. The Morgan fingerprint density at radius 2 is 2.14 bits per heavy atom. The molecule has 0 spiro atoms. The van der Waals surface area contributed by atoms with Crippen molar-refractivity contribution >= 4 is 41.7 Å². The predicted molar refractivity (Wildman–Crippen MR) is 92.6 cm³/mol. The number of carbonyl (C=O) groups excluding carboxylic acids is 1. The average Bonchev–Trinajstić information content (AvgIpc) is 2.48. The van der Waals surface area contributed by atoms with Crippen molar-refractivity contribution in [3.05, 3.63) is 29.3 Å². The molecular formula is C15H22Cl2N2OS. The maximum atomic E-state index is 11.8. The van der Waals surface area contributed by atoms with Crippen LogP contribution in [0.15, 0.2) is 29.2 Å². The van der Waals surface area contributed by atoms with E-state index in [-0.39, 0.29) is 18.3 Å². The molecular weight excluding hydrogens is 327 g/mol.